The van der Waals surface area contributed by atoms with Gasteiger partial charge in [-0.1, -0.05) is 0 Å². The lowest BCUT2D eigenvalue weighted by molar-refractivity contribution is 0.0894. The van der Waals surface area contributed by atoms with Gasteiger partial charge in [0.05, 0.1) is 11.8 Å². The van der Waals surface area contributed by atoms with Crippen LogP contribution in [0.1, 0.15) is 25.7 Å². The van der Waals surface area contributed by atoms with Gasteiger partial charge in [0.25, 0.3) is 0 Å². The number of hydrogen-bond acceptors (Lipinski definition) is 4. The molecule has 3 rings (SSSR count). The molecule has 0 aromatic carbocycles. The molecule has 1 aromatic rings. The average molecular weight is 304 g/mol. The standard InChI is InChI=1S/C16H24N4O2/c1-19(12-13-6-5-11-22-13)16(21)18-14-7-4-8-17-15(14)20-9-2-3-10-20/h4,7-8,13H,2-3,5-6,9-12H2,1H3,(H,18,21)/t13-/m1/s1. The summed E-state index contributed by atoms with van der Waals surface area (Å²) >= 11 is 0. The lowest BCUT2D eigenvalue weighted by atomic mass is 10.2. The Kier molecular flexibility index (Phi) is 4.77. The van der Waals surface area contributed by atoms with E-state index in [9.17, 15) is 4.79 Å². The van der Waals surface area contributed by atoms with Crippen molar-refractivity contribution in [3.63, 3.8) is 0 Å². The summed E-state index contributed by atoms with van der Waals surface area (Å²) in [7, 11) is 1.81. The highest BCUT2D eigenvalue weighted by atomic mass is 16.5. The second-order valence-corrected chi connectivity index (χ2v) is 6.01. The molecule has 0 aliphatic carbocycles. The number of ether oxygens (including phenoxy) is 1. The summed E-state index contributed by atoms with van der Waals surface area (Å²) in [5.74, 6) is 0.874. The minimum atomic E-state index is -0.107. The molecular weight excluding hydrogens is 280 g/mol. The summed E-state index contributed by atoms with van der Waals surface area (Å²) in [5, 5.41) is 2.99. The minimum Gasteiger partial charge on any atom is -0.376 e. The molecule has 0 radical (unpaired) electrons. The number of aromatic nitrogens is 1. The van der Waals surface area contributed by atoms with E-state index in [0.717, 1.165) is 44.0 Å². The number of anilines is 2. The van der Waals surface area contributed by atoms with Gasteiger partial charge in [-0.15, -0.1) is 0 Å². The van der Waals surface area contributed by atoms with Crippen molar-refractivity contribution < 1.29 is 9.53 Å². The van der Waals surface area contributed by atoms with Gasteiger partial charge in [0.1, 0.15) is 0 Å². The van der Waals surface area contributed by atoms with E-state index in [1.807, 2.05) is 19.2 Å². The highest BCUT2D eigenvalue weighted by Gasteiger charge is 2.22. The molecule has 0 spiro atoms. The molecule has 0 unspecified atom stereocenters. The zero-order valence-corrected chi connectivity index (χ0v) is 13.1. The van der Waals surface area contributed by atoms with Crippen molar-refractivity contribution in [1.82, 2.24) is 9.88 Å². The predicted molar refractivity (Wildman–Crippen MR) is 86.3 cm³/mol. The zero-order valence-electron chi connectivity index (χ0n) is 13.1. The Morgan fingerprint density at radius 2 is 2.27 bits per heavy atom. The molecule has 0 saturated carbocycles. The number of likely N-dealkylation sites (N-methyl/N-ethyl adjacent to an activating group) is 1. The molecule has 2 amide bonds. The second kappa shape index (κ2) is 6.96. The summed E-state index contributed by atoms with van der Waals surface area (Å²) in [6, 6.07) is 3.66. The van der Waals surface area contributed by atoms with Gasteiger partial charge in [-0.2, -0.15) is 0 Å². The van der Waals surface area contributed by atoms with E-state index < -0.39 is 0 Å². The smallest absolute Gasteiger partial charge is 0.321 e. The van der Waals surface area contributed by atoms with Crippen molar-refractivity contribution in [2.75, 3.05) is 43.5 Å². The van der Waals surface area contributed by atoms with Crippen molar-refractivity contribution in [2.45, 2.75) is 31.8 Å². The predicted octanol–water partition coefficient (Wildman–Crippen LogP) is 2.32. The van der Waals surface area contributed by atoms with Crippen LogP contribution in [-0.4, -0.2) is 55.3 Å². The fraction of sp³-hybridized carbons (Fsp3) is 0.625. The van der Waals surface area contributed by atoms with E-state index in [1.54, 1.807) is 11.1 Å². The molecular formula is C16H24N4O2. The molecule has 3 heterocycles. The van der Waals surface area contributed by atoms with Crippen LogP contribution >= 0.6 is 0 Å². The van der Waals surface area contributed by atoms with E-state index in [4.69, 9.17) is 4.74 Å². The molecule has 1 N–H and O–H groups in total. The largest absolute Gasteiger partial charge is 0.376 e. The molecule has 2 fully saturated rings. The average Bonchev–Trinajstić information content (AvgIpc) is 3.21. The van der Waals surface area contributed by atoms with Crippen LogP contribution < -0.4 is 10.2 Å². The molecule has 2 saturated heterocycles. The zero-order chi connectivity index (χ0) is 15.4. The first-order valence-corrected chi connectivity index (χ1v) is 8.08. The minimum absolute atomic E-state index is 0.107. The third kappa shape index (κ3) is 3.50. The quantitative estimate of drug-likeness (QED) is 0.927. The number of nitrogens with one attached hydrogen (secondary N) is 1. The molecule has 2 aliphatic heterocycles. The topological polar surface area (TPSA) is 57.7 Å². The molecule has 6 nitrogen and oxygen atoms in total. The molecule has 120 valence electrons. The number of amides is 2. The monoisotopic (exact) mass is 304 g/mol. The van der Waals surface area contributed by atoms with Crippen molar-refractivity contribution >= 4 is 17.5 Å². The van der Waals surface area contributed by atoms with Crippen LogP contribution in [0.4, 0.5) is 16.3 Å². The van der Waals surface area contributed by atoms with Crippen LogP contribution in [0.15, 0.2) is 18.3 Å². The SMILES string of the molecule is CN(C[C@H]1CCCO1)C(=O)Nc1cccnc1N1CCCC1. The third-order valence-electron chi connectivity index (χ3n) is 4.28. The number of pyridine rings is 1. The van der Waals surface area contributed by atoms with Crippen molar-refractivity contribution in [3.8, 4) is 0 Å². The van der Waals surface area contributed by atoms with E-state index in [0.29, 0.717) is 6.54 Å². The van der Waals surface area contributed by atoms with Gasteiger partial charge in [0, 0.05) is 39.5 Å². The lowest BCUT2D eigenvalue weighted by Crippen LogP contribution is -2.37. The summed E-state index contributed by atoms with van der Waals surface area (Å²) in [5.41, 5.74) is 0.786. The third-order valence-corrected chi connectivity index (χ3v) is 4.28. The van der Waals surface area contributed by atoms with Gasteiger partial charge in [-0.3, -0.25) is 0 Å². The van der Waals surface area contributed by atoms with E-state index >= 15 is 0 Å². The van der Waals surface area contributed by atoms with Gasteiger partial charge < -0.3 is 19.9 Å². The Balaban J connectivity index is 1.63. The fourth-order valence-electron chi connectivity index (χ4n) is 3.06. The van der Waals surface area contributed by atoms with Crippen LogP contribution in [0.3, 0.4) is 0 Å². The summed E-state index contributed by atoms with van der Waals surface area (Å²) in [4.78, 5) is 20.7. The Morgan fingerprint density at radius 3 is 3.00 bits per heavy atom. The van der Waals surface area contributed by atoms with E-state index in [2.05, 4.69) is 15.2 Å². The second-order valence-electron chi connectivity index (χ2n) is 6.01. The van der Waals surface area contributed by atoms with Crippen molar-refractivity contribution in [1.29, 1.82) is 0 Å². The molecule has 2 aliphatic rings. The maximum absolute atomic E-state index is 12.4. The Morgan fingerprint density at radius 1 is 1.45 bits per heavy atom. The summed E-state index contributed by atoms with van der Waals surface area (Å²) in [6.07, 6.45) is 6.43. The van der Waals surface area contributed by atoms with Gasteiger partial charge in [0.2, 0.25) is 0 Å². The molecule has 22 heavy (non-hydrogen) atoms. The summed E-state index contributed by atoms with van der Waals surface area (Å²) < 4.78 is 5.59. The van der Waals surface area contributed by atoms with Crippen LogP contribution in [0.5, 0.6) is 0 Å². The lowest BCUT2D eigenvalue weighted by Gasteiger charge is -2.24. The van der Waals surface area contributed by atoms with Crippen LogP contribution in [0, 0.1) is 0 Å². The number of carbonyl (C=O) groups is 1. The number of urea groups is 1. The molecule has 1 aromatic heterocycles. The highest BCUT2D eigenvalue weighted by Crippen LogP contribution is 2.26. The number of hydrogen-bond donors (Lipinski definition) is 1. The normalized spacial score (nSPS) is 21.1. The molecule has 6 heteroatoms. The Bertz CT molecular complexity index is 511. The highest BCUT2D eigenvalue weighted by molar-refractivity contribution is 5.92. The van der Waals surface area contributed by atoms with Crippen molar-refractivity contribution in [3.05, 3.63) is 18.3 Å². The van der Waals surface area contributed by atoms with Crippen LogP contribution in [-0.2, 0) is 4.74 Å². The van der Waals surface area contributed by atoms with Gasteiger partial charge in [0.15, 0.2) is 5.82 Å². The Labute approximate surface area is 131 Å². The maximum Gasteiger partial charge on any atom is 0.321 e. The fourth-order valence-corrected chi connectivity index (χ4v) is 3.06. The van der Waals surface area contributed by atoms with Crippen LogP contribution in [0.2, 0.25) is 0 Å². The first-order chi connectivity index (χ1) is 10.7. The van der Waals surface area contributed by atoms with Gasteiger partial charge in [-0.25, -0.2) is 9.78 Å². The van der Waals surface area contributed by atoms with Crippen LogP contribution in [0.25, 0.3) is 0 Å². The van der Waals surface area contributed by atoms with E-state index in [1.165, 1.54) is 12.8 Å². The van der Waals surface area contributed by atoms with Gasteiger partial charge >= 0.3 is 6.03 Å². The van der Waals surface area contributed by atoms with Crippen molar-refractivity contribution in [2.24, 2.45) is 0 Å². The molecule has 1 atom stereocenters. The Hall–Kier alpha value is -1.82. The number of carbonyl (C=O) groups excluding carboxylic acids is 1. The van der Waals surface area contributed by atoms with Gasteiger partial charge in [-0.05, 0) is 37.8 Å². The summed E-state index contributed by atoms with van der Waals surface area (Å²) in [6.45, 7) is 3.45. The number of rotatable bonds is 4. The number of nitrogens with zero attached hydrogens (tertiary/aromatic N) is 3. The first kappa shape index (κ1) is 15.1. The maximum atomic E-state index is 12.4. The molecule has 0 bridgehead atoms. The first-order valence-electron chi connectivity index (χ1n) is 8.08. The van der Waals surface area contributed by atoms with E-state index in [-0.39, 0.29) is 12.1 Å².